The molecule has 2 nitrogen and oxygen atoms in total. The first-order valence-electron chi connectivity index (χ1n) is 5.99. The van der Waals surface area contributed by atoms with Crippen LogP contribution in [0.3, 0.4) is 0 Å². The lowest BCUT2D eigenvalue weighted by molar-refractivity contribution is 0.209. The van der Waals surface area contributed by atoms with Gasteiger partial charge in [-0.3, -0.25) is 0 Å². The third kappa shape index (κ3) is 2.10. The van der Waals surface area contributed by atoms with Gasteiger partial charge in [0.15, 0.2) is 0 Å². The van der Waals surface area contributed by atoms with Crippen LogP contribution in [0, 0.1) is 6.92 Å². The Morgan fingerprint density at radius 1 is 1.17 bits per heavy atom. The molecule has 1 atom stereocenters. The van der Waals surface area contributed by atoms with Crippen molar-refractivity contribution in [2.45, 2.75) is 13.0 Å². The zero-order valence-corrected chi connectivity index (χ0v) is 11.7. The van der Waals surface area contributed by atoms with E-state index >= 15 is 0 Å². The predicted octanol–water partition coefficient (Wildman–Crippen LogP) is 4.30. The molecule has 0 radical (unpaired) electrons. The first kappa shape index (κ1) is 11.6. The lowest BCUT2D eigenvalue weighted by Crippen LogP contribution is -2.24. The van der Waals surface area contributed by atoms with E-state index in [2.05, 4.69) is 52.4 Å². The van der Waals surface area contributed by atoms with Crippen LogP contribution in [-0.2, 0) is 0 Å². The van der Waals surface area contributed by atoms with Gasteiger partial charge in [-0.15, -0.1) is 0 Å². The second kappa shape index (κ2) is 4.65. The molecule has 0 spiro atoms. The monoisotopic (exact) mass is 303 g/mol. The van der Waals surface area contributed by atoms with Crippen LogP contribution in [0.15, 0.2) is 46.9 Å². The molecule has 0 saturated heterocycles. The molecule has 3 heteroatoms. The quantitative estimate of drug-likeness (QED) is 0.848. The molecule has 0 fully saturated rings. The minimum absolute atomic E-state index is 0.0756. The number of ether oxygens (including phenoxy) is 1. The van der Waals surface area contributed by atoms with E-state index in [0.29, 0.717) is 0 Å². The molecule has 0 aliphatic carbocycles. The summed E-state index contributed by atoms with van der Waals surface area (Å²) in [4.78, 5) is 0. The van der Waals surface area contributed by atoms with E-state index < -0.39 is 0 Å². The summed E-state index contributed by atoms with van der Waals surface area (Å²) in [5.74, 6) is 0.969. The Labute approximate surface area is 115 Å². The van der Waals surface area contributed by atoms with Crippen molar-refractivity contribution in [1.82, 2.24) is 0 Å². The second-order valence-electron chi connectivity index (χ2n) is 4.49. The van der Waals surface area contributed by atoms with Gasteiger partial charge in [-0.2, -0.15) is 0 Å². The molecule has 2 aromatic carbocycles. The summed E-state index contributed by atoms with van der Waals surface area (Å²) < 4.78 is 7.20. The van der Waals surface area contributed by atoms with Crippen LogP contribution in [-0.4, -0.2) is 6.54 Å². The molecule has 1 heterocycles. The van der Waals surface area contributed by atoms with E-state index in [1.807, 2.05) is 18.2 Å². The van der Waals surface area contributed by atoms with Gasteiger partial charge >= 0.3 is 0 Å². The zero-order chi connectivity index (χ0) is 12.5. The van der Waals surface area contributed by atoms with E-state index in [4.69, 9.17) is 4.74 Å². The van der Waals surface area contributed by atoms with Crippen molar-refractivity contribution in [1.29, 1.82) is 0 Å². The van der Waals surface area contributed by atoms with Crippen molar-refractivity contribution in [3.8, 4) is 5.75 Å². The van der Waals surface area contributed by atoms with Crippen molar-refractivity contribution in [2.75, 3.05) is 11.9 Å². The minimum atomic E-state index is 0.0756. The summed E-state index contributed by atoms with van der Waals surface area (Å²) in [6.45, 7) is 2.88. The van der Waals surface area contributed by atoms with Gasteiger partial charge in [0.25, 0.3) is 0 Å². The molecule has 1 aliphatic heterocycles. The average Bonchev–Trinajstić information content (AvgIpc) is 2.40. The van der Waals surface area contributed by atoms with Crippen molar-refractivity contribution < 1.29 is 4.74 Å². The van der Waals surface area contributed by atoms with Gasteiger partial charge < -0.3 is 10.1 Å². The number of halogens is 1. The molecule has 18 heavy (non-hydrogen) atoms. The maximum absolute atomic E-state index is 6.11. The van der Waals surface area contributed by atoms with Gasteiger partial charge in [-0.05, 0) is 36.2 Å². The van der Waals surface area contributed by atoms with E-state index in [0.717, 1.165) is 22.5 Å². The van der Waals surface area contributed by atoms with E-state index in [9.17, 15) is 0 Å². The highest BCUT2D eigenvalue weighted by Crippen LogP contribution is 2.36. The predicted molar refractivity (Wildman–Crippen MR) is 77.2 cm³/mol. The molecule has 1 unspecified atom stereocenters. The number of para-hydroxylation sites is 1. The van der Waals surface area contributed by atoms with Crippen molar-refractivity contribution >= 4 is 21.6 Å². The largest absolute Gasteiger partial charge is 0.481 e. The summed E-state index contributed by atoms with van der Waals surface area (Å²) in [5.41, 5.74) is 3.45. The molecule has 0 amide bonds. The number of aryl methyl sites for hydroxylation is 1. The fraction of sp³-hybridized carbons (Fsp3) is 0.200. The molecule has 1 aliphatic rings. The summed E-state index contributed by atoms with van der Waals surface area (Å²) in [6.07, 6.45) is 0.0756. The van der Waals surface area contributed by atoms with E-state index in [-0.39, 0.29) is 6.10 Å². The molecular weight excluding hydrogens is 290 g/mol. The number of hydrogen-bond donors (Lipinski definition) is 1. The number of hydrogen-bond acceptors (Lipinski definition) is 2. The van der Waals surface area contributed by atoms with Crippen molar-refractivity contribution in [3.05, 3.63) is 58.1 Å². The lowest BCUT2D eigenvalue weighted by Gasteiger charge is -2.28. The first-order valence-corrected chi connectivity index (χ1v) is 6.79. The zero-order valence-electron chi connectivity index (χ0n) is 10.1. The Balaban J connectivity index is 1.90. The third-order valence-corrected chi connectivity index (χ3v) is 3.72. The smallest absolute Gasteiger partial charge is 0.146 e. The number of rotatable bonds is 1. The fourth-order valence-corrected chi connectivity index (χ4v) is 2.46. The average molecular weight is 304 g/mol. The molecular formula is C15H14BrNO. The van der Waals surface area contributed by atoms with E-state index in [1.165, 1.54) is 11.1 Å². The fourth-order valence-electron chi connectivity index (χ4n) is 2.20. The molecule has 0 aromatic heterocycles. The van der Waals surface area contributed by atoms with Crippen LogP contribution >= 0.6 is 15.9 Å². The summed E-state index contributed by atoms with van der Waals surface area (Å²) in [5, 5.41) is 3.43. The van der Waals surface area contributed by atoms with Gasteiger partial charge in [-0.1, -0.05) is 40.2 Å². The Hall–Kier alpha value is -1.48. The Morgan fingerprint density at radius 3 is 2.72 bits per heavy atom. The maximum Gasteiger partial charge on any atom is 0.146 e. The van der Waals surface area contributed by atoms with Crippen LogP contribution in [0.25, 0.3) is 0 Å². The van der Waals surface area contributed by atoms with Crippen LogP contribution < -0.4 is 10.1 Å². The van der Waals surface area contributed by atoms with Crippen LogP contribution in [0.2, 0.25) is 0 Å². The van der Waals surface area contributed by atoms with Gasteiger partial charge in [0.1, 0.15) is 11.9 Å². The number of anilines is 1. The maximum atomic E-state index is 6.11. The van der Waals surface area contributed by atoms with Gasteiger partial charge in [-0.25, -0.2) is 0 Å². The molecule has 0 bridgehead atoms. The topological polar surface area (TPSA) is 21.3 Å². The first-order chi connectivity index (χ1) is 8.74. The van der Waals surface area contributed by atoms with Gasteiger partial charge in [0.05, 0.1) is 12.2 Å². The van der Waals surface area contributed by atoms with Gasteiger partial charge in [0.2, 0.25) is 0 Å². The highest BCUT2D eigenvalue weighted by Gasteiger charge is 2.21. The van der Waals surface area contributed by atoms with Crippen LogP contribution in [0.5, 0.6) is 5.75 Å². The highest BCUT2D eigenvalue weighted by atomic mass is 79.9. The van der Waals surface area contributed by atoms with E-state index in [1.54, 1.807) is 0 Å². The second-order valence-corrected chi connectivity index (χ2v) is 5.41. The molecule has 1 N–H and O–H groups in total. The van der Waals surface area contributed by atoms with Crippen LogP contribution in [0.1, 0.15) is 17.2 Å². The summed E-state index contributed by atoms with van der Waals surface area (Å²) in [7, 11) is 0. The Morgan fingerprint density at radius 2 is 1.94 bits per heavy atom. The van der Waals surface area contributed by atoms with Gasteiger partial charge in [0, 0.05) is 4.47 Å². The highest BCUT2D eigenvalue weighted by molar-refractivity contribution is 9.10. The number of nitrogens with one attached hydrogen (secondary N) is 1. The Kier molecular flexibility index (Phi) is 3.00. The van der Waals surface area contributed by atoms with Crippen LogP contribution in [0.4, 0.5) is 5.69 Å². The SMILES string of the molecule is Cc1cccc2c1OC(c1ccc(Br)cc1)CN2. The normalized spacial score (nSPS) is 17.6. The Bertz CT molecular complexity index is 565. The summed E-state index contributed by atoms with van der Waals surface area (Å²) in [6, 6.07) is 14.5. The lowest BCUT2D eigenvalue weighted by atomic mass is 10.1. The minimum Gasteiger partial charge on any atom is -0.481 e. The van der Waals surface area contributed by atoms with Crippen molar-refractivity contribution in [3.63, 3.8) is 0 Å². The molecule has 0 saturated carbocycles. The third-order valence-electron chi connectivity index (χ3n) is 3.19. The number of fused-ring (bicyclic) bond motifs is 1. The molecule has 2 aromatic rings. The molecule has 92 valence electrons. The number of benzene rings is 2. The standard InChI is InChI=1S/C15H14BrNO/c1-10-3-2-4-13-15(10)18-14(9-17-13)11-5-7-12(16)8-6-11/h2-8,14,17H,9H2,1H3. The molecule has 3 rings (SSSR count). The van der Waals surface area contributed by atoms with Crippen molar-refractivity contribution in [2.24, 2.45) is 0 Å². The summed E-state index contributed by atoms with van der Waals surface area (Å²) >= 11 is 3.45.